The standard InChI is InChI=1S/C17H19BrN2O2S/c1-13(2)12-17(14-6-4-3-5-7-14)19-20-23(21,22)16-10-8-15(18)9-11-16/h3-11,13,20H,12H2,1-2H3/b19-17+. The fourth-order valence-corrected chi connectivity index (χ4v) is 3.12. The van der Waals surface area contributed by atoms with Gasteiger partial charge >= 0.3 is 0 Å². The second kappa shape index (κ2) is 7.75. The van der Waals surface area contributed by atoms with Crippen LogP contribution in [0.25, 0.3) is 0 Å². The van der Waals surface area contributed by atoms with Gasteiger partial charge in [0.15, 0.2) is 0 Å². The Morgan fingerprint density at radius 2 is 1.70 bits per heavy atom. The van der Waals surface area contributed by atoms with Crippen LogP contribution in [0.1, 0.15) is 25.8 Å². The summed E-state index contributed by atoms with van der Waals surface area (Å²) in [4.78, 5) is 2.53. The van der Waals surface area contributed by atoms with E-state index in [0.717, 1.165) is 15.7 Å². The molecule has 4 nitrogen and oxygen atoms in total. The zero-order chi connectivity index (χ0) is 16.9. The Balaban J connectivity index is 2.27. The second-order valence-corrected chi connectivity index (χ2v) is 8.15. The SMILES string of the molecule is CC(C)C/C(=N\NS(=O)(=O)c1ccc(Br)cc1)c1ccccc1. The van der Waals surface area contributed by atoms with Crippen LogP contribution in [0.3, 0.4) is 0 Å². The van der Waals surface area contributed by atoms with E-state index in [1.165, 1.54) is 12.1 Å². The van der Waals surface area contributed by atoms with Crippen LogP contribution in [-0.2, 0) is 10.0 Å². The number of nitrogens with one attached hydrogen (secondary N) is 1. The van der Waals surface area contributed by atoms with Crippen molar-refractivity contribution in [3.05, 3.63) is 64.6 Å². The zero-order valence-corrected chi connectivity index (χ0v) is 15.4. The van der Waals surface area contributed by atoms with Crippen molar-refractivity contribution in [1.29, 1.82) is 0 Å². The van der Waals surface area contributed by atoms with Crippen LogP contribution in [0.15, 0.2) is 69.1 Å². The summed E-state index contributed by atoms with van der Waals surface area (Å²) in [6.45, 7) is 4.14. The van der Waals surface area contributed by atoms with Crippen LogP contribution in [0.2, 0.25) is 0 Å². The molecular weight excluding hydrogens is 376 g/mol. The molecule has 0 saturated heterocycles. The number of hydrogen-bond donors (Lipinski definition) is 1. The Labute approximate surface area is 145 Å². The summed E-state index contributed by atoms with van der Waals surface area (Å²) in [5, 5.41) is 4.17. The molecule has 23 heavy (non-hydrogen) atoms. The van der Waals surface area contributed by atoms with Gasteiger partial charge in [0.05, 0.1) is 10.6 Å². The van der Waals surface area contributed by atoms with Crippen molar-refractivity contribution in [2.45, 2.75) is 25.2 Å². The Morgan fingerprint density at radius 1 is 1.09 bits per heavy atom. The van der Waals surface area contributed by atoms with Crippen molar-refractivity contribution in [3.63, 3.8) is 0 Å². The fraction of sp³-hybridized carbons (Fsp3) is 0.235. The number of sulfonamides is 1. The minimum atomic E-state index is -3.67. The van der Waals surface area contributed by atoms with Crippen LogP contribution in [0, 0.1) is 5.92 Å². The lowest BCUT2D eigenvalue weighted by Gasteiger charge is -2.11. The lowest BCUT2D eigenvalue weighted by molar-refractivity contribution is 0.583. The Bertz CT molecular complexity index is 770. The lowest BCUT2D eigenvalue weighted by Crippen LogP contribution is -2.21. The highest BCUT2D eigenvalue weighted by Gasteiger charge is 2.14. The molecule has 0 aromatic heterocycles. The van der Waals surface area contributed by atoms with Gasteiger partial charge in [-0.05, 0) is 42.2 Å². The van der Waals surface area contributed by atoms with Gasteiger partial charge in [0, 0.05) is 4.47 Å². The van der Waals surface area contributed by atoms with Crippen LogP contribution in [-0.4, -0.2) is 14.1 Å². The largest absolute Gasteiger partial charge is 0.276 e. The zero-order valence-electron chi connectivity index (χ0n) is 13.0. The first-order valence-electron chi connectivity index (χ1n) is 7.28. The molecule has 0 heterocycles. The smallest absolute Gasteiger partial charge is 0.200 e. The van der Waals surface area contributed by atoms with Crippen LogP contribution >= 0.6 is 15.9 Å². The lowest BCUT2D eigenvalue weighted by atomic mass is 10.0. The van der Waals surface area contributed by atoms with Gasteiger partial charge in [-0.2, -0.15) is 18.4 Å². The fourth-order valence-electron chi connectivity index (χ4n) is 2.03. The molecular formula is C17H19BrN2O2S. The summed E-state index contributed by atoms with van der Waals surface area (Å²) in [5.74, 6) is 0.367. The van der Waals surface area contributed by atoms with Crippen LogP contribution < -0.4 is 4.83 Å². The van der Waals surface area contributed by atoms with Crippen molar-refractivity contribution in [2.24, 2.45) is 11.0 Å². The molecule has 0 aliphatic carbocycles. The van der Waals surface area contributed by atoms with Crippen molar-refractivity contribution >= 4 is 31.7 Å². The summed E-state index contributed by atoms with van der Waals surface area (Å²) in [7, 11) is -3.67. The third-order valence-corrected chi connectivity index (χ3v) is 4.89. The number of rotatable bonds is 6. The topological polar surface area (TPSA) is 58.5 Å². The monoisotopic (exact) mass is 394 g/mol. The third-order valence-electron chi connectivity index (χ3n) is 3.13. The van der Waals surface area contributed by atoms with Gasteiger partial charge in [0.1, 0.15) is 0 Å². The summed E-state index contributed by atoms with van der Waals surface area (Å²) >= 11 is 3.29. The molecule has 0 unspecified atom stereocenters. The van der Waals surface area contributed by atoms with E-state index in [9.17, 15) is 8.42 Å². The number of benzene rings is 2. The molecule has 0 aliphatic rings. The van der Waals surface area contributed by atoms with E-state index in [1.807, 2.05) is 30.3 Å². The molecule has 2 rings (SSSR count). The molecule has 122 valence electrons. The molecule has 6 heteroatoms. The van der Waals surface area contributed by atoms with Crippen molar-refractivity contribution in [3.8, 4) is 0 Å². The van der Waals surface area contributed by atoms with E-state index >= 15 is 0 Å². The van der Waals surface area contributed by atoms with Gasteiger partial charge in [-0.25, -0.2) is 0 Å². The predicted molar refractivity (Wildman–Crippen MR) is 96.9 cm³/mol. The maximum absolute atomic E-state index is 12.3. The second-order valence-electron chi connectivity index (χ2n) is 5.57. The molecule has 0 saturated carbocycles. The minimum Gasteiger partial charge on any atom is -0.200 e. The molecule has 0 fully saturated rings. The molecule has 0 amide bonds. The first-order valence-corrected chi connectivity index (χ1v) is 9.55. The molecule has 0 spiro atoms. The van der Waals surface area contributed by atoms with Gasteiger partial charge < -0.3 is 0 Å². The maximum atomic E-state index is 12.3. The molecule has 0 aliphatic heterocycles. The molecule has 2 aromatic carbocycles. The highest BCUT2D eigenvalue weighted by Crippen LogP contribution is 2.15. The normalized spacial score (nSPS) is 12.4. The maximum Gasteiger partial charge on any atom is 0.276 e. The van der Waals surface area contributed by atoms with E-state index < -0.39 is 10.0 Å². The molecule has 2 aromatic rings. The van der Waals surface area contributed by atoms with Crippen LogP contribution in [0.4, 0.5) is 0 Å². The minimum absolute atomic E-state index is 0.182. The summed E-state index contributed by atoms with van der Waals surface area (Å²) in [5.41, 5.74) is 1.64. The van der Waals surface area contributed by atoms with Crippen molar-refractivity contribution in [2.75, 3.05) is 0 Å². The first kappa shape index (κ1) is 17.7. The van der Waals surface area contributed by atoms with E-state index in [0.29, 0.717) is 12.3 Å². The average molecular weight is 395 g/mol. The van der Waals surface area contributed by atoms with Crippen LogP contribution in [0.5, 0.6) is 0 Å². The summed E-state index contributed by atoms with van der Waals surface area (Å²) in [6, 6.07) is 16.0. The molecule has 0 atom stereocenters. The molecule has 1 N–H and O–H groups in total. The molecule has 0 bridgehead atoms. The molecule has 0 radical (unpaired) electrons. The Morgan fingerprint density at radius 3 is 2.26 bits per heavy atom. The summed E-state index contributed by atoms with van der Waals surface area (Å²) < 4.78 is 25.5. The van der Waals surface area contributed by atoms with E-state index in [2.05, 4.69) is 39.7 Å². The third kappa shape index (κ3) is 5.18. The van der Waals surface area contributed by atoms with Gasteiger partial charge in [-0.1, -0.05) is 60.1 Å². The highest BCUT2D eigenvalue weighted by atomic mass is 79.9. The van der Waals surface area contributed by atoms with Gasteiger partial charge in [0.2, 0.25) is 0 Å². The first-order chi connectivity index (χ1) is 10.9. The number of hydrogen-bond acceptors (Lipinski definition) is 3. The number of hydrazone groups is 1. The van der Waals surface area contributed by atoms with Crippen molar-refractivity contribution in [1.82, 2.24) is 4.83 Å². The Hall–Kier alpha value is -1.66. The quantitative estimate of drug-likeness (QED) is 0.589. The Kier molecular flexibility index (Phi) is 5.96. The summed E-state index contributed by atoms with van der Waals surface area (Å²) in [6.07, 6.45) is 0.687. The van der Waals surface area contributed by atoms with E-state index in [-0.39, 0.29) is 4.90 Å². The number of halogens is 1. The van der Waals surface area contributed by atoms with E-state index in [4.69, 9.17) is 0 Å². The van der Waals surface area contributed by atoms with Gasteiger partial charge in [-0.15, -0.1) is 0 Å². The average Bonchev–Trinajstić information content (AvgIpc) is 2.52. The van der Waals surface area contributed by atoms with Crippen molar-refractivity contribution < 1.29 is 8.42 Å². The van der Waals surface area contributed by atoms with E-state index in [1.54, 1.807) is 12.1 Å². The number of nitrogens with zero attached hydrogens (tertiary/aromatic N) is 1. The van der Waals surface area contributed by atoms with Gasteiger partial charge in [0.25, 0.3) is 10.0 Å². The predicted octanol–water partition coefficient (Wildman–Crippen LogP) is 4.18. The van der Waals surface area contributed by atoms with Gasteiger partial charge in [-0.3, -0.25) is 0 Å². The highest BCUT2D eigenvalue weighted by molar-refractivity contribution is 9.10.